The smallest absolute Gasteiger partial charge is 0.101 e. The Morgan fingerprint density at radius 3 is 2.88 bits per heavy atom. The maximum Gasteiger partial charge on any atom is 0.101 e. The van der Waals surface area contributed by atoms with Gasteiger partial charge in [-0.3, -0.25) is 0 Å². The molecular formula is C15H16N2. The zero-order valence-corrected chi connectivity index (χ0v) is 10.0. The molecule has 0 amide bonds. The summed E-state index contributed by atoms with van der Waals surface area (Å²) in [5.74, 6) is 0. The van der Waals surface area contributed by atoms with Crippen molar-refractivity contribution < 1.29 is 0 Å². The first kappa shape index (κ1) is 11.5. The summed E-state index contributed by atoms with van der Waals surface area (Å²) in [4.78, 5) is 0. The molecule has 17 heavy (non-hydrogen) atoms. The standard InChI is InChI=1S/C15H16N2/c1-2-12-6-5-8-14(10-12)17-15-9-4-3-7-13(15)11-16/h5-10,17H,2-4H2,1H3. The van der Waals surface area contributed by atoms with E-state index in [-0.39, 0.29) is 0 Å². The number of rotatable bonds is 3. The predicted octanol–water partition coefficient (Wildman–Crippen LogP) is 3.79. The minimum atomic E-state index is 0.748. The molecule has 1 aliphatic carbocycles. The molecule has 0 unspecified atom stereocenters. The van der Waals surface area contributed by atoms with Crippen molar-refractivity contribution in [3.63, 3.8) is 0 Å². The Bertz CT molecular complexity index is 504. The molecule has 0 atom stereocenters. The molecule has 0 aromatic heterocycles. The summed E-state index contributed by atoms with van der Waals surface area (Å²) in [6, 6.07) is 10.5. The monoisotopic (exact) mass is 224 g/mol. The van der Waals surface area contributed by atoms with Crippen molar-refractivity contribution in [1.82, 2.24) is 0 Å². The number of benzene rings is 1. The van der Waals surface area contributed by atoms with Crippen LogP contribution in [0.2, 0.25) is 0 Å². The maximum absolute atomic E-state index is 9.04. The van der Waals surface area contributed by atoms with Gasteiger partial charge in [0.2, 0.25) is 0 Å². The topological polar surface area (TPSA) is 35.8 Å². The first-order valence-corrected chi connectivity index (χ1v) is 6.00. The summed E-state index contributed by atoms with van der Waals surface area (Å²) >= 11 is 0. The van der Waals surface area contributed by atoms with Crippen molar-refractivity contribution in [1.29, 1.82) is 5.26 Å². The van der Waals surface area contributed by atoms with Gasteiger partial charge in [0.05, 0.1) is 11.3 Å². The van der Waals surface area contributed by atoms with Crippen molar-refractivity contribution in [2.24, 2.45) is 0 Å². The van der Waals surface area contributed by atoms with Gasteiger partial charge in [0.1, 0.15) is 6.07 Å². The molecule has 0 bridgehead atoms. The van der Waals surface area contributed by atoms with Crippen molar-refractivity contribution >= 4 is 5.69 Å². The van der Waals surface area contributed by atoms with Crippen LogP contribution >= 0.6 is 0 Å². The van der Waals surface area contributed by atoms with Gasteiger partial charge in [-0.2, -0.15) is 5.26 Å². The lowest BCUT2D eigenvalue weighted by molar-refractivity contribution is 1.00. The van der Waals surface area contributed by atoms with E-state index >= 15 is 0 Å². The van der Waals surface area contributed by atoms with Crippen molar-refractivity contribution in [2.45, 2.75) is 26.2 Å². The number of nitriles is 1. The van der Waals surface area contributed by atoms with Crippen molar-refractivity contribution in [3.05, 3.63) is 53.3 Å². The third-order valence-corrected chi connectivity index (χ3v) is 2.89. The first-order valence-electron chi connectivity index (χ1n) is 6.00. The number of allylic oxidation sites excluding steroid dienone is 3. The number of hydrogen-bond donors (Lipinski definition) is 1. The highest BCUT2D eigenvalue weighted by atomic mass is 14.9. The molecule has 1 aromatic carbocycles. The lowest BCUT2D eigenvalue weighted by atomic mass is 10.0. The average molecular weight is 224 g/mol. The molecule has 86 valence electrons. The normalized spacial score (nSPS) is 14.6. The summed E-state index contributed by atoms with van der Waals surface area (Å²) < 4.78 is 0. The summed E-state index contributed by atoms with van der Waals surface area (Å²) in [6.07, 6.45) is 7.07. The van der Waals surface area contributed by atoms with E-state index in [2.05, 4.69) is 36.5 Å². The molecular weight excluding hydrogens is 208 g/mol. The van der Waals surface area contributed by atoms with Crippen LogP contribution in [0.25, 0.3) is 0 Å². The third-order valence-electron chi connectivity index (χ3n) is 2.89. The predicted molar refractivity (Wildman–Crippen MR) is 70.5 cm³/mol. The number of nitrogens with one attached hydrogen (secondary N) is 1. The summed E-state index contributed by atoms with van der Waals surface area (Å²) in [5.41, 5.74) is 4.04. The van der Waals surface area contributed by atoms with Gasteiger partial charge in [-0.05, 0) is 37.0 Å². The van der Waals surface area contributed by atoms with E-state index in [1.807, 2.05) is 18.2 Å². The summed E-state index contributed by atoms with van der Waals surface area (Å²) in [5, 5.41) is 12.4. The Kier molecular flexibility index (Phi) is 3.62. The fourth-order valence-electron chi connectivity index (χ4n) is 1.92. The Morgan fingerprint density at radius 2 is 2.12 bits per heavy atom. The largest absolute Gasteiger partial charge is 0.355 e. The van der Waals surface area contributed by atoms with E-state index in [1.165, 1.54) is 5.56 Å². The Labute approximate surface area is 102 Å². The first-order chi connectivity index (χ1) is 8.33. The van der Waals surface area contributed by atoms with Gasteiger partial charge < -0.3 is 5.32 Å². The van der Waals surface area contributed by atoms with Crippen LogP contribution in [0.15, 0.2) is 47.7 Å². The van der Waals surface area contributed by atoms with E-state index in [0.29, 0.717) is 0 Å². The minimum absolute atomic E-state index is 0.748. The van der Waals surface area contributed by atoms with E-state index in [4.69, 9.17) is 5.26 Å². The molecule has 1 aliphatic rings. The number of hydrogen-bond acceptors (Lipinski definition) is 2. The Hall–Kier alpha value is -2.01. The molecule has 0 heterocycles. The highest BCUT2D eigenvalue weighted by Crippen LogP contribution is 2.21. The molecule has 0 spiro atoms. The zero-order valence-electron chi connectivity index (χ0n) is 10.0. The fraction of sp³-hybridized carbons (Fsp3) is 0.267. The van der Waals surface area contributed by atoms with Gasteiger partial charge in [0, 0.05) is 5.69 Å². The zero-order chi connectivity index (χ0) is 12.1. The second-order valence-corrected chi connectivity index (χ2v) is 4.10. The number of anilines is 1. The molecule has 2 nitrogen and oxygen atoms in total. The summed E-state index contributed by atoms with van der Waals surface area (Å²) in [6.45, 7) is 2.14. The molecule has 0 fully saturated rings. The van der Waals surface area contributed by atoms with Crippen molar-refractivity contribution in [2.75, 3.05) is 5.32 Å². The molecule has 1 N–H and O–H groups in total. The minimum Gasteiger partial charge on any atom is -0.355 e. The van der Waals surface area contributed by atoms with Gasteiger partial charge in [-0.25, -0.2) is 0 Å². The quantitative estimate of drug-likeness (QED) is 0.847. The van der Waals surface area contributed by atoms with E-state index < -0.39 is 0 Å². The van der Waals surface area contributed by atoms with Crippen LogP contribution in [0, 0.1) is 11.3 Å². The van der Waals surface area contributed by atoms with E-state index in [0.717, 1.165) is 36.2 Å². The van der Waals surface area contributed by atoms with Crippen LogP contribution in [-0.2, 0) is 6.42 Å². The van der Waals surface area contributed by atoms with Crippen LogP contribution < -0.4 is 5.32 Å². The second kappa shape index (κ2) is 5.36. The van der Waals surface area contributed by atoms with Gasteiger partial charge in [0.25, 0.3) is 0 Å². The molecule has 1 aromatic rings. The molecule has 0 radical (unpaired) electrons. The van der Waals surface area contributed by atoms with Crippen molar-refractivity contribution in [3.8, 4) is 6.07 Å². The Morgan fingerprint density at radius 1 is 1.29 bits per heavy atom. The van der Waals surface area contributed by atoms with E-state index in [1.54, 1.807) is 0 Å². The van der Waals surface area contributed by atoms with Crippen LogP contribution in [0.4, 0.5) is 5.69 Å². The van der Waals surface area contributed by atoms with Crippen LogP contribution in [0.1, 0.15) is 25.3 Å². The Balaban J connectivity index is 2.18. The highest BCUT2D eigenvalue weighted by molar-refractivity contribution is 5.58. The SMILES string of the molecule is CCc1cccc(NC2=CCCC=C2C#N)c1. The van der Waals surface area contributed by atoms with Crippen LogP contribution in [-0.4, -0.2) is 0 Å². The van der Waals surface area contributed by atoms with Gasteiger partial charge in [0.15, 0.2) is 0 Å². The number of nitrogens with zero attached hydrogens (tertiary/aromatic N) is 1. The van der Waals surface area contributed by atoms with Crippen LogP contribution in [0.3, 0.4) is 0 Å². The van der Waals surface area contributed by atoms with Crippen LogP contribution in [0.5, 0.6) is 0 Å². The lowest BCUT2D eigenvalue weighted by Crippen LogP contribution is -2.04. The summed E-state index contributed by atoms with van der Waals surface area (Å²) in [7, 11) is 0. The van der Waals surface area contributed by atoms with Gasteiger partial charge in [-0.1, -0.05) is 31.2 Å². The molecule has 2 rings (SSSR count). The average Bonchev–Trinajstić information content (AvgIpc) is 2.39. The molecule has 0 saturated heterocycles. The fourth-order valence-corrected chi connectivity index (χ4v) is 1.92. The lowest BCUT2D eigenvalue weighted by Gasteiger charge is -2.14. The second-order valence-electron chi connectivity index (χ2n) is 4.10. The van der Waals surface area contributed by atoms with E-state index in [9.17, 15) is 0 Å². The molecule has 2 heteroatoms. The van der Waals surface area contributed by atoms with Gasteiger partial charge in [-0.15, -0.1) is 0 Å². The molecule has 0 saturated carbocycles. The maximum atomic E-state index is 9.04. The highest BCUT2D eigenvalue weighted by Gasteiger charge is 2.08. The third kappa shape index (κ3) is 2.76. The van der Waals surface area contributed by atoms with Gasteiger partial charge >= 0.3 is 0 Å². The number of aryl methyl sites for hydroxylation is 1. The molecule has 0 aliphatic heterocycles.